The number of benzene rings is 2. The summed E-state index contributed by atoms with van der Waals surface area (Å²) in [6, 6.07) is 12.0. The summed E-state index contributed by atoms with van der Waals surface area (Å²) in [5.41, 5.74) is 8.45. The molecule has 0 atom stereocenters. The third-order valence-electron chi connectivity index (χ3n) is 3.40. The molecule has 1 amide bonds. The average molecular weight is 317 g/mol. The number of hydrogen-bond donors (Lipinski definition) is 2. The number of Topliss-reactive ketones (excluding diaryl/α,β-unsaturated/α-hetero) is 1. The number of ketones is 1. The van der Waals surface area contributed by atoms with E-state index < -0.39 is 0 Å². The van der Waals surface area contributed by atoms with Gasteiger partial charge in [-0.25, -0.2) is 0 Å². The maximum Gasteiger partial charge on any atom is 0.224 e. The smallest absolute Gasteiger partial charge is 0.224 e. The molecule has 114 valence electrons. The Morgan fingerprint density at radius 3 is 2.45 bits per heavy atom. The molecular formula is C17H17ClN2O2. The van der Waals surface area contributed by atoms with Gasteiger partial charge in [-0.3, -0.25) is 9.59 Å². The van der Waals surface area contributed by atoms with Crippen LogP contribution in [0.2, 0.25) is 5.02 Å². The number of halogens is 1. The fraction of sp³-hybridized carbons (Fsp3) is 0.176. The number of hydrogen-bond acceptors (Lipinski definition) is 3. The second-order valence-electron chi connectivity index (χ2n) is 5.00. The van der Waals surface area contributed by atoms with Gasteiger partial charge >= 0.3 is 0 Å². The van der Waals surface area contributed by atoms with Crippen LogP contribution < -0.4 is 11.1 Å². The van der Waals surface area contributed by atoms with E-state index in [1.165, 1.54) is 0 Å². The van der Waals surface area contributed by atoms with Crippen molar-refractivity contribution in [1.82, 2.24) is 0 Å². The van der Waals surface area contributed by atoms with Gasteiger partial charge in [0.2, 0.25) is 5.91 Å². The number of nitrogens with one attached hydrogen (secondary N) is 1. The number of carbonyl (C=O) groups is 2. The van der Waals surface area contributed by atoms with Crippen LogP contribution in [0.1, 0.15) is 28.8 Å². The first-order chi connectivity index (χ1) is 10.5. The predicted octanol–water partition coefficient (Wildman–Crippen LogP) is 3.83. The van der Waals surface area contributed by atoms with Crippen LogP contribution in [0.4, 0.5) is 11.4 Å². The Hall–Kier alpha value is -2.33. The minimum Gasteiger partial charge on any atom is -0.398 e. The first-order valence-electron chi connectivity index (χ1n) is 6.91. The van der Waals surface area contributed by atoms with E-state index in [2.05, 4.69) is 5.32 Å². The van der Waals surface area contributed by atoms with E-state index in [1.54, 1.807) is 42.5 Å². The Bertz CT molecular complexity index is 696. The summed E-state index contributed by atoms with van der Waals surface area (Å²) in [5.74, 6) is -0.299. The molecule has 0 aliphatic heterocycles. The van der Waals surface area contributed by atoms with Crippen molar-refractivity contribution >= 4 is 34.7 Å². The number of anilines is 2. The Morgan fingerprint density at radius 2 is 1.77 bits per heavy atom. The molecule has 5 heteroatoms. The van der Waals surface area contributed by atoms with E-state index in [-0.39, 0.29) is 24.5 Å². The SMILES string of the molecule is Cc1c(N)cccc1NC(=O)CCC(=O)c1ccc(Cl)cc1. The molecule has 2 aromatic carbocycles. The molecule has 0 spiro atoms. The van der Waals surface area contributed by atoms with Gasteiger partial charge in [0.05, 0.1) is 0 Å². The molecule has 2 rings (SSSR count). The van der Waals surface area contributed by atoms with E-state index in [1.807, 2.05) is 6.92 Å². The lowest BCUT2D eigenvalue weighted by atomic mass is 10.1. The highest BCUT2D eigenvalue weighted by Crippen LogP contribution is 2.20. The molecule has 0 fully saturated rings. The van der Waals surface area contributed by atoms with E-state index >= 15 is 0 Å². The maximum absolute atomic E-state index is 12.0. The topological polar surface area (TPSA) is 72.2 Å². The van der Waals surface area contributed by atoms with Crippen molar-refractivity contribution in [1.29, 1.82) is 0 Å². The number of rotatable bonds is 5. The number of nitrogen functional groups attached to an aromatic ring is 1. The van der Waals surface area contributed by atoms with Gasteiger partial charge in [0.1, 0.15) is 0 Å². The van der Waals surface area contributed by atoms with Crippen molar-refractivity contribution in [2.45, 2.75) is 19.8 Å². The van der Waals surface area contributed by atoms with Crippen LogP contribution in [0.25, 0.3) is 0 Å². The molecule has 22 heavy (non-hydrogen) atoms. The minimum atomic E-state index is -0.212. The van der Waals surface area contributed by atoms with E-state index in [0.29, 0.717) is 22.0 Å². The van der Waals surface area contributed by atoms with Crippen molar-refractivity contribution in [2.75, 3.05) is 11.1 Å². The molecule has 0 bridgehead atoms. The second kappa shape index (κ2) is 7.09. The van der Waals surface area contributed by atoms with Gasteiger partial charge in [-0.2, -0.15) is 0 Å². The summed E-state index contributed by atoms with van der Waals surface area (Å²) >= 11 is 5.78. The molecule has 3 N–H and O–H groups in total. The molecule has 0 aliphatic rings. The van der Waals surface area contributed by atoms with Crippen molar-refractivity contribution < 1.29 is 9.59 Å². The fourth-order valence-electron chi connectivity index (χ4n) is 2.01. The van der Waals surface area contributed by atoms with Crippen LogP contribution in [-0.4, -0.2) is 11.7 Å². The van der Waals surface area contributed by atoms with Crippen molar-refractivity contribution in [3.63, 3.8) is 0 Å². The zero-order chi connectivity index (χ0) is 16.1. The van der Waals surface area contributed by atoms with E-state index in [4.69, 9.17) is 17.3 Å². The molecule has 0 aromatic heterocycles. The Labute approximate surface area is 134 Å². The van der Waals surface area contributed by atoms with E-state index in [9.17, 15) is 9.59 Å². The van der Waals surface area contributed by atoms with Crippen LogP contribution >= 0.6 is 11.6 Å². The fourth-order valence-corrected chi connectivity index (χ4v) is 2.13. The first-order valence-corrected chi connectivity index (χ1v) is 7.29. The Balaban J connectivity index is 1.91. The van der Waals surface area contributed by atoms with Crippen molar-refractivity contribution in [2.24, 2.45) is 0 Å². The van der Waals surface area contributed by atoms with Crippen LogP contribution in [0.15, 0.2) is 42.5 Å². The van der Waals surface area contributed by atoms with E-state index in [0.717, 1.165) is 5.56 Å². The van der Waals surface area contributed by atoms with Crippen molar-refractivity contribution in [3.05, 3.63) is 58.6 Å². The largest absolute Gasteiger partial charge is 0.398 e. The van der Waals surface area contributed by atoms with Gasteiger partial charge < -0.3 is 11.1 Å². The monoisotopic (exact) mass is 316 g/mol. The first kappa shape index (κ1) is 16.0. The lowest BCUT2D eigenvalue weighted by Crippen LogP contribution is -2.14. The summed E-state index contributed by atoms with van der Waals surface area (Å²) in [6.07, 6.45) is 0.268. The normalized spacial score (nSPS) is 10.3. The zero-order valence-electron chi connectivity index (χ0n) is 12.2. The maximum atomic E-state index is 12.0. The molecular weight excluding hydrogens is 300 g/mol. The number of nitrogens with two attached hydrogens (primary N) is 1. The van der Waals surface area contributed by atoms with Gasteiger partial charge in [-0.15, -0.1) is 0 Å². The van der Waals surface area contributed by atoms with Gasteiger partial charge in [0.15, 0.2) is 5.78 Å². The molecule has 0 saturated carbocycles. The Morgan fingerprint density at radius 1 is 1.09 bits per heavy atom. The van der Waals surface area contributed by atoms with Gasteiger partial charge in [-0.1, -0.05) is 17.7 Å². The molecule has 0 unspecified atom stereocenters. The van der Waals surface area contributed by atoms with Gasteiger partial charge in [0, 0.05) is 34.8 Å². The molecule has 4 nitrogen and oxygen atoms in total. The number of amides is 1. The van der Waals surface area contributed by atoms with Crippen LogP contribution in [-0.2, 0) is 4.79 Å². The summed E-state index contributed by atoms with van der Waals surface area (Å²) in [4.78, 5) is 23.9. The number of carbonyl (C=O) groups excluding carboxylic acids is 2. The highest BCUT2D eigenvalue weighted by Gasteiger charge is 2.11. The highest BCUT2D eigenvalue weighted by molar-refractivity contribution is 6.30. The zero-order valence-corrected chi connectivity index (χ0v) is 13.0. The quantitative estimate of drug-likeness (QED) is 0.650. The molecule has 0 heterocycles. The summed E-state index contributed by atoms with van der Waals surface area (Å²) in [7, 11) is 0. The molecule has 0 aliphatic carbocycles. The Kier molecular flexibility index (Phi) is 5.17. The minimum absolute atomic E-state index is 0.0869. The predicted molar refractivity (Wildman–Crippen MR) is 89.2 cm³/mol. The highest BCUT2D eigenvalue weighted by atomic mass is 35.5. The molecule has 0 saturated heterocycles. The second-order valence-corrected chi connectivity index (χ2v) is 5.43. The lowest BCUT2D eigenvalue weighted by molar-refractivity contribution is -0.116. The summed E-state index contributed by atoms with van der Waals surface area (Å²) in [6.45, 7) is 1.84. The molecule has 2 aromatic rings. The standard InChI is InChI=1S/C17H17ClN2O2/c1-11-14(19)3-2-4-15(11)20-17(22)10-9-16(21)12-5-7-13(18)8-6-12/h2-8H,9-10,19H2,1H3,(H,20,22). The average Bonchev–Trinajstić information content (AvgIpc) is 2.50. The van der Waals surface area contributed by atoms with Gasteiger partial charge in [0.25, 0.3) is 0 Å². The van der Waals surface area contributed by atoms with Crippen LogP contribution in [0.3, 0.4) is 0 Å². The van der Waals surface area contributed by atoms with Crippen LogP contribution in [0.5, 0.6) is 0 Å². The van der Waals surface area contributed by atoms with Crippen molar-refractivity contribution in [3.8, 4) is 0 Å². The lowest BCUT2D eigenvalue weighted by Gasteiger charge is -2.10. The third-order valence-corrected chi connectivity index (χ3v) is 3.65. The third kappa shape index (κ3) is 4.09. The van der Waals surface area contributed by atoms with Gasteiger partial charge in [-0.05, 0) is 48.9 Å². The summed E-state index contributed by atoms with van der Waals surface area (Å²) in [5, 5.41) is 3.35. The van der Waals surface area contributed by atoms with Crippen LogP contribution in [0, 0.1) is 6.92 Å². The summed E-state index contributed by atoms with van der Waals surface area (Å²) < 4.78 is 0. The molecule has 0 radical (unpaired) electrons.